The lowest BCUT2D eigenvalue weighted by atomic mass is 10.2. The third-order valence-electron chi connectivity index (χ3n) is 3.36. The van der Waals surface area contributed by atoms with Gasteiger partial charge in [0.05, 0.1) is 0 Å². The first kappa shape index (κ1) is 15.0. The molecule has 2 rings (SSSR count). The van der Waals surface area contributed by atoms with Crippen molar-refractivity contribution in [2.24, 2.45) is 0 Å². The van der Waals surface area contributed by atoms with Crippen LogP contribution in [0.2, 0.25) is 0 Å². The number of carboxylic acids is 1. The number of allylic oxidation sites excluding steroid dienone is 1. The summed E-state index contributed by atoms with van der Waals surface area (Å²) in [7, 11) is 0. The molecule has 0 bridgehead atoms. The van der Waals surface area contributed by atoms with Crippen LogP contribution < -0.4 is 10.6 Å². The second-order valence-electron chi connectivity index (χ2n) is 4.97. The number of aromatic nitrogens is 1. The number of pyridine rings is 1. The molecule has 0 saturated carbocycles. The Morgan fingerprint density at radius 1 is 1.29 bits per heavy atom. The summed E-state index contributed by atoms with van der Waals surface area (Å²) in [5.74, 6) is -1.06. The van der Waals surface area contributed by atoms with Gasteiger partial charge in [-0.05, 0) is 37.3 Å². The number of hydrogen-bond donors (Lipinski definition) is 3. The van der Waals surface area contributed by atoms with Crippen molar-refractivity contribution in [1.29, 1.82) is 0 Å². The summed E-state index contributed by atoms with van der Waals surface area (Å²) in [6.45, 7) is 0.954. The van der Waals surface area contributed by atoms with Gasteiger partial charge in [0.1, 0.15) is 5.69 Å². The lowest BCUT2D eigenvalue weighted by Gasteiger charge is -2.08. The maximum absolute atomic E-state index is 11.6. The lowest BCUT2D eigenvalue weighted by Crippen LogP contribution is -2.35. The predicted molar refractivity (Wildman–Crippen MR) is 78.0 cm³/mol. The van der Waals surface area contributed by atoms with Crippen LogP contribution >= 0.6 is 0 Å². The van der Waals surface area contributed by atoms with Gasteiger partial charge < -0.3 is 15.7 Å². The van der Waals surface area contributed by atoms with E-state index >= 15 is 0 Å². The molecule has 21 heavy (non-hydrogen) atoms. The van der Waals surface area contributed by atoms with E-state index in [4.69, 9.17) is 5.11 Å². The first-order chi connectivity index (χ1) is 10.1. The molecule has 1 aromatic rings. The summed E-state index contributed by atoms with van der Waals surface area (Å²) in [6, 6.07) is 2.83. The third kappa shape index (κ3) is 4.91. The molecule has 0 unspecified atom stereocenters. The van der Waals surface area contributed by atoms with E-state index in [2.05, 4.69) is 21.7 Å². The Morgan fingerprint density at radius 3 is 2.76 bits per heavy atom. The zero-order valence-electron chi connectivity index (χ0n) is 11.8. The molecule has 0 fully saturated rings. The maximum atomic E-state index is 11.6. The van der Waals surface area contributed by atoms with Crippen LogP contribution in [0.4, 0.5) is 4.79 Å². The van der Waals surface area contributed by atoms with Crippen molar-refractivity contribution >= 4 is 12.0 Å². The van der Waals surface area contributed by atoms with E-state index < -0.39 is 5.97 Å². The van der Waals surface area contributed by atoms with Crippen LogP contribution in [0.3, 0.4) is 0 Å². The fourth-order valence-corrected chi connectivity index (χ4v) is 2.20. The summed E-state index contributed by atoms with van der Waals surface area (Å²) in [5, 5.41) is 14.3. The number of carboxylic acid groups (broad SMARTS) is 1. The Morgan fingerprint density at radius 2 is 2.14 bits per heavy atom. The van der Waals surface area contributed by atoms with Gasteiger partial charge in [0.15, 0.2) is 0 Å². The highest BCUT2D eigenvalue weighted by atomic mass is 16.4. The molecule has 112 valence electrons. The van der Waals surface area contributed by atoms with E-state index in [1.165, 1.54) is 24.3 Å². The Kier molecular flexibility index (Phi) is 5.31. The Hall–Kier alpha value is -2.37. The fourth-order valence-electron chi connectivity index (χ4n) is 2.20. The van der Waals surface area contributed by atoms with Crippen LogP contribution in [-0.2, 0) is 6.54 Å². The minimum atomic E-state index is -1.06. The quantitative estimate of drug-likeness (QED) is 0.699. The van der Waals surface area contributed by atoms with Crippen molar-refractivity contribution in [2.45, 2.75) is 32.2 Å². The average Bonchev–Trinajstić information content (AvgIpc) is 2.99. The van der Waals surface area contributed by atoms with Gasteiger partial charge in [-0.25, -0.2) is 14.6 Å². The monoisotopic (exact) mass is 289 g/mol. The first-order valence-electron chi connectivity index (χ1n) is 7.03. The summed E-state index contributed by atoms with van der Waals surface area (Å²) in [4.78, 5) is 26.1. The third-order valence-corrected chi connectivity index (χ3v) is 3.36. The Balaban J connectivity index is 1.67. The second kappa shape index (κ2) is 7.42. The number of aromatic carboxylic acids is 1. The smallest absolute Gasteiger partial charge is 0.354 e. The highest BCUT2D eigenvalue weighted by Gasteiger charge is 2.06. The molecule has 0 spiro atoms. The zero-order chi connectivity index (χ0) is 15.1. The van der Waals surface area contributed by atoms with Crippen molar-refractivity contribution < 1.29 is 14.7 Å². The fraction of sp³-hybridized carbons (Fsp3) is 0.400. The highest BCUT2D eigenvalue weighted by Crippen LogP contribution is 2.19. The molecule has 3 N–H and O–H groups in total. The molecule has 0 saturated heterocycles. The van der Waals surface area contributed by atoms with Crippen LogP contribution in [0.1, 0.15) is 41.7 Å². The molecule has 1 aliphatic rings. The Labute approximate surface area is 123 Å². The van der Waals surface area contributed by atoms with Gasteiger partial charge in [0, 0.05) is 19.3 Å². The van der Waals surface area contributed by atoms with Crippen molar-refractivity contribution in [3.05, 3.63) is 41.2 Å². The molecule has 6 heteroatoms. The minimum absolute atomic E-state index is 0.00644. The van der Waals surface area contributed by atoms with Gasteiger partial charge in [-0.1, -0.05) is 17.7 Å². The number of amides is 2. The van der Waals surface area contributed by atoms with Gasteiger partial charge in [-0.15, -0.1) is 0 Å². The topological polar surface area (TPSA) is 91.3 Å². The summed E-state index contributed by atoms with van der Waals surface area (Å²) in [5.41, 5.74) is 2.17. The molecule has 0 atom stereocenters. The molecule has 6 nitrogen and oxygen atoms in total. The van der Waals surface area contributed by atoms with E-state index in [-0.39, 0.29) is 11.7 Å². The number of nitrogens with one attached hydrogen (secondary N) is 2. The van der Waals surface area contributed by atoms with Gasteiger partial charge in [-0.2, -0.15) is 0 Å². The Bertz CT molecular complexity index is 538. The van der Waals surface area contributed by atoms with Gasteiger partial charge in [0.25, 0.3) is 0 Å². The standard InChI is InChI=1S/C15H19N3O3/c19-14(20)13-6-5-12(9-17-13)10-18-15(21)16-8-7-11-3-1-2-4-11/h3,5-6,9H,1-2,4,7-8,10H2,(H,19,20)(H2,16,18,21). The molecule has 1 aliphatic carbocycles. The zero-order valence-corrected chi connectivity index (χ0v) is 11.8. The van der Waals surface area contributed by atoms with Crippen molar-refractivity contribution in [3.8, 4) is 0 Å². The summed E-state index contributed by atoms with van der Waals surface area (Å²) < 4.78 is 0. The van der Waals surface area contributed by atoms with Crippen LogP contribution in [0.25, 0.3) is 0 Å². The number of hydrogen-bond acceptors (Lipinski definition) is 3. The van der Waals surface area contributed by atoms with E-state index in [1.54, 1.807) is 6.07 Å². The molecule has 2 amide bonds. The molecule has 1 aromatic heterocycles. The molecule has 1 heterocycles. The number of urea groups is 1. The minimum Gasteiger partial charge on any atom is -0.477 e. The second-order valence-corrected chi connectivity index (χ2v) is 4.97. The normalized spacial score (nSPS) is 13.6. The van der Waals surface area contributed by atoms with Gasteiger partial charge in [-0.3, -0.25) is 0 Å². The van der Waals surface area contributed by atoms with E-state index in [0.717, 1.165) is 24.8 Å². The van der Waals surface area contributed by atoms with Crippen LogP contribution in [-0.4, -0.2) is 28.6 Å². The van der Waals surface area contributed by atoms with E-state index in [1.807, 2.05) is 0 Å². The summed E-state index contributed by atoms with van der Waals surface area (Å²) >= 11 is 0. The van der Waals surface area contributed by atoms with E-state index in [0.29, 0.717) is 13.1 Å². The number of carbonyl (C=O) groups excluding carboxylic acids is 1. The largest absolute Gasteiger partial charge is 0.477 e. The van der Waals surface area contributed by atoms with Crippen molar-refractivity contribution in [3.63, 3.8) is 0 Å². The molecular formula is C15H19N3O3. The number of nitrogens with zero attached hydrogens (tertiary/aromatic N) is 1. The number of carbonyl (C=O) groups is 2. The van der Waals surface area contributed by atoms with Crippen molar-refractivity contribution in [2.75, 3.05) is 6.54 Å². The summed E-state index contributed by atoms with van der Waals surface area (Å²) in [6.07, 6.45) is 8.12. The average molecular weight is 289 g/mol. The molecule has 0 aliphatic heterocycles. The van der Waals surface area contributed by atoms with Crippen LogP contribution in [0.5, 0.6) is 0 Å². The predicted octanol–water partition coefficient (Wildman–Crippen LogP) is 2.08. The number of rotatable bonds is 6. The highest BCUT2D eigenvalue weighted by molar-refractivity contribution is 5.85. The molecule has 0 radical (unpaired) electrons. The maximum Gasteiger partial charge on any atom is 0.354 e. The van der Waals surface area contributed by atoms with Gasteiger partial charge >= 0.3 is 12.0 Å². The van der Waals surface area contributed by atoms with Gasteiger partial charge in [0.2, 0.25) is 0 Å². The van der Waals surface area contributed by atoms with Crippen molar-refractivity contribution in [1.82, 2.24) is 15.6 Å². The molecule has 0 aromatic carbocycles. The first-order valence-corrected chi connectivity index (χ1v) is 7.03. The lowest BCUT2D eigenvalue weighted by molar-refractivity contribution is 0.0690. The van der Waals surface area contributed by atoms with Crippen LogP contribution in [0.15, 0.2) is 30.0 Å². The van der Waals surface area contributed by atoms with E-state index in [9.17, 15) is 9.59 Å². The SMILES string of the molecule is O=C(NCCC1=CCCC1)NCc1ccc(C(=O)O)nc1. The molecular weight excluding hydrogens is 270 g/mol. The van der Waals surface area contributed by atoms with Crippen LogP contribution in [0, 0.1) is 0 Å².